The number of amides is 1. The smallest absolute Gasteiger partial charge is 0.223 e. The van der Waals surface area contributed by atoms with E-state index in [0.717, 1.165) is 44.7 Å². The third-order valence-electron chi connectivity index (χ3n) is 5.86. The topological polar surface area (TPSA) is 61.8 Å². The second-order valence-corrected chi connectivity index (χ2v) is 7.33. The summed E-state index contributed by atoms with van der Waals surface area (Å²) in [5, 5.41) is 13.5. The zero-order valence-corrected chi connectivity index (χ0v) is 15.1. The molecule has 1 aromatic carbocycles. The van der Waals surface area contributed by atoms with Crippen LogP contribution in [0.15, 0.2) is 30.3 Å². The van der Waals surface area contributed by atoms with Gasteiger partial charge in [0.05, 0.1) is 25.7 Å². The summed E-state index contributed by atoms with van der Waals surface area (Å²) < 4.78 is 5.50. The van der Waals surface area contributed by atoms with E-state index in [-0.39, 0.29) is 23.9 Å². The van der Waals surface area contributed by atoms with Gasteiger partial charge in [-0.15, -0.1) is 0 Å². The lowest BCUT2D eigenvalue weighted by Gasteiger charge is -2.47. The number of rotatable bonds is 6. The van der Waals surface area contributed by atoms with Crippen LogP contribution >= 0.6 is 0 Å². The summed E-state index contributed by atoms with van der Waals surface area (Å²) in [6.07, 6.45) is 4.02. The first kappa shape index (κ1) is 18.4. The molecule has 2 fully saturated rings. The van der Waals surface area contributed by atoms with Gasteiger partial charge in [-0.2, -0.15) is 0 Å². The van der Waals surface area contributed by atoms with E-state index >= 15 is 0 Å². The molecule has 1 amide bonds. The zero-order chi connectivity index (χ0) is 17.7. The number of morpholine rings is 1. The Bertz CT molecular complexity index is 551. The van der Waals surface area contributed by atoms with Crippen molar-refractivity contribution in [2.75, 3.05) is 26.3 Å². The van der Waals surface area contributed by atoms with Crippen LogP contribution in [0.5, 0.6) is 0 Å². The average molecular weight is 346 g/mol. The molecular weight excluding hydrogens is 316 g/mol. The van der Waals surface area contributed by atoms with Gasteiger partial charge >= 0.3 is 0 Å². The third kappa shape index (κ3) is 4.22. The molecule has 1 aromatic rings. The minimum absolute atomic E-state index is 0.0388. The van der Waals surface area contributed by atoms with Crippen LogP contribution in [0.25, 0.3) is 0 Å². The molecule has 5 nitrogen and oxygen atoms in total. The van der Waals surface area contributed by atoms with Crippen molar-refractivity contribution in [1.29, 1.82) is 0 Å². The van der Waals surface area contributed by atoms with Crippen LogP contribution < -0.4 is 5.32 Å². The Morgan fingerprint density at radius 2 is 1.88 bits per heavy atom. The first-order chi connectivity index (χ1) is 12.1. The summed E-state index contributed by atoms with van der Waals surface area (Å²) in [7, 11) is 0. The van der Waals surface area contributed by atoms with E-state index in [1.54, 1.807) is 0 Å². The molecule has 1 aliphatic heterocycles. The summed E-state index contributed by atoms with van der Waals surface area (Å²) in [5.41, 5.74) is 0.825. The minimum atomic E-state index is -0.753. The maximum Gasteiger partial charge on any atom is 0.223 e. The Kier molecular flexibility index (Phi) is 6.10. The Hall–Kier alpha value is -1.43. The van der Waals surface area contributed by atoms with E-state index in [2.05, 4.69) is 17.1 Å². The molecule has 2 atom stereocenters. The summed E-state index contributed by atoms with van der Waals surface area (Å²) >= 11 is 0. The lowest BCUT2D eigenvalue weighted by Crippen LogP contribution is -2.62. The van der Waals surface area contributed by atoms with Crippen molar-refractivity contribution in [2.24, 2.45) is 0 Å². The number of carbonyl (C=O) groups is 1. The standard InChI is InChI=1S/C20H30N2O3/c1-16(20(9-5-6-10-20)22-11-13-25-14-12-22)21-19(24)15-18(23)17-7-3-2-4-8-17/h2-4,7-8,16,18,23H,5-6,9-15H2,1H3,(H,21,24). The molecule has 0 spiro atoms. The number of nitrogens with one attached hydrogen (secondary N) is 1. The number of hydrogen-bond donors (Lipinski definition) is 2. The molecule has 1 heterocycles. The highest BCUT2D eigenvalue weighted by atomic mass is 16.5. The fraction of sp³-hybridized carbons (Fsp3) is 0.650. The van der Waals surface area contributed by atoms with Gasteiger partial charge in [0.25, 0.3) is 0 Å². The van der Waals surface area contributed by atoms with E-state index < -0.39 is 6.10 Å². The van der Waals surface area contributed by atoms with Crippen LogP contribution in [0.2, 0.25) is 0 Å². The van der Waals surface area contributed by atoms with Gasteiger partial charge in [-0.25, -0.2) is 0 Å². The highest BCUT2D eigenvalue weighted by molar-refractivity contribution is 5.77. The molecule has 1 aliphatic carbocycles. The van der Waals surface area contributed by atoms with Crippen LogP contribution in [0.1, 0.15) is 50.7 Å². The second kappa shape index (κ2) is 8.30. The van der Waals surface area contributed by atoms with Crippen molar-refractivity contribution in [1.82, 2.24) is 10.2 Å². The monoisotopic (exact) mass is 346 g/mol. The highest BCUT2D eigenvalue weighted by Crippen LogP contribution is 2.38. The number of ether oxygens (including phenoxy) is 1. The lowest BCUT2D eigenvalue weighted by atomic mass is 9.86. The fourth-order valence-electron chi connectivity index (χ4n) is 4.42. The maximum atomic E-state index is 12.5. The van der Waals surface area contributed by atoms with Crippen LogP contribution in [0, 0.1) is 0 Å². The fourth-order valence-corrected chi connectivity index (χ4v) is 4.42. The van der Waals surface area contributed by atoms with Crippen LogP contribution in [0.4, 0.5) is 0 Å². The molecule has 0 bridgehead atoms. The zero-order valence-electron chi connectivity index (χ0n) is 15.1. The molecule has 3 rings (SSSR count). The van der Waals surface area contributed by atoms with Gasteiger partial charge < -0.3 is 15.2 Å². The van der Waals surface area contributed by atoms with Gasteiger partial charge in [0.15, 0.2) is 0 Å². The summed E-state index contributed by atoms with van der Waals surface area (Å²) in [6.45, 7) is 5.54. The van der Waals surface area contributed by atoms with Gasteiger partial charge in [0.1, 0.15) is 0 Å². The number of aliphatic hydroxyl groups excluding tert-OH is 1. The lowest BCUT2D eigenvalue weighted by molar-refractivity contribution is -0.125. The summed E-state index contributed by atoms with van der Waals surface area (Å²) in [4.78, 5) is 15.0. The predicted octanol–water partition coefficient (Wildman–Crippen LogP) is 2.26. The SMILES string of the molecule is CC(NC(=O)CC(O)c1ccccc1)C1(N2CCOCC2)CCCC1. The molecule has 1 saturated carbocycles. The highest BCUT2D eigenvalue weighted by Gasteiger charge is 2.44. The van der Waals surface area contributed by atoms with Crippen LogP contribution in [0.3, 0.4) is 0 Å². The van der Waals surface area contributed by atoms with Gasteiger partial charge in [0.2, 0.25) is 5.91 Å². The van der Waals surface area contributed by atoms with Gasteiger partial charge in [-0.1, -0.05) is 43.2 Å². The maximum absolute atomic E-state index is 12.5. The van der Waals surface area contributed by atoms with Crippen LogP contribution in [-0.2, 0) is 9.53 Å². The molecular formula is C20H30N2O3. The number of benzene rings is 1. The largest absolute Gasteiger partial charge is 0.388 e. The van der Waals surface area contributed by atoms with Gasteiger partial charge in [-0.3, -0.25) is 9.69 Å². The van der Waals surface area contributed by atoms with Crippen molar-refractivity contribution in [3.8, 4) is 0 Å². The van der Waals surface area contributed by atoms with E-state index in [9.17, 15) is 9.90 Å². The quantitative estimate of drug-likeness (QED) is 0.829. The Balaban J connectivity index is 1.61. The molecule has 25 heavy (non-hydrogen) atoms. The van der Waals surface area contributed by atoms with E-state index in [1.165, 1.54) is 12.8 Å². The van der Waals surface area contributed by atoms with Crippen molar-refractivity contribution >= 4 is 5.91 Å². The molecule has 0 aromatic heterocycles. The molecule has 0 radical (unpaired) electrons. The third-order valence-corrected chi connectivity index (χ3v) is 5.86. The molecule has 2 aliphatic rings. The molecule has 2 N–H and O–H groups in total. The first-order valence-electron chi connectivity index (χ1n) is 9.47. The van der Waals surface area contributed by atoms with Crippen molar-refractivity contribution in [3.63, 3.8) is 0 Å². The average Bonchev–Trinajstić information content (AvgIpc) is 3.14. The van der Waals surface area contributed by atoms with Gasteiger partial charge in [0, 0.05) is 24.7 Å². The Labute approximate surface area is 150 Å². The minimum Gasteiger partial charge on any atom is -0.388 e. The number of nitrogens with zero attached hydrogens (tertiary/aromatic N) is 1. The van der Waals surface area contributed by atoms with Crippen LogP contribution in [-0.4, -0.2) is 53.8 Å². The number of hydrogen-bond acceptors (Lipinski definition) is 4. The first-order valence-corrected chi connectivity index (χ1v) is 9.47. The van der Waals surface area contributed by atoms with E-state index in [4.69, 9.17) is 4.74 Å². The Morgan fingerprint density at radius 3 is 2.52 bits per heavy atom. The van der Waals surface area contributed by atoms with Gasteiger partial charge in [-0.05, 0) is 25.3 Å². The van der Waals surface area contributed by atoms with E-state index in [0.29, 0.717) is 0 Å². The molecule has 1 saturated heterocycles. The predicted molar refractivity (Wildman–Crippen MR) is 97.2 cm³/mol. The summed E-state index contributed by atoms with van der Waals surface area (Å²) in [5.74, 6) is -0.0802. The molecule has 5 heteroatoms. The number of aliphatic hydroxyl groups is 1. The van der Waals surface area contributed by atoms with E-state index in [1.807, 2.05) is 30.3 Å². The molecule has 138 valence electrons. The van der Waals surface area contributed by atoms with Crippen molar-refractivity contribution in [2.45, 2.75) is 56.7 Å². The molecule has 2 unspecified atom stereocenters. The van der Waals surface area contributed by atoms with Crippen molar-refractivity contribution < 1.29 is 14.6 Å². The second-order valence-electron chi connectivity index (χ2n) is 7.33. The summed E-state index contributed by atoms with van der Waals surface area (Å²) in [6, 6.07) is 9.45. The normalized spacial score (nSPS) is 23.1. The van der Waals surface area contributed by atoms with Crippen molar-refractivity contribution in [3.05, 3.63) is 35.9 Å². The number of carbonyl (C=O) groups excluding carboxylic acids is 1. The Morgan fingerprint density at radius 1 is 1.24 bits per heavy atom.